The molecule has 5 heteroatoms. The third-order valence-electron chi connectivity index (χ3n) is 0.974. The van der Waals surface area contributed by atoms with E-state index in [1.807, 2.05) is 6.07 Å². The van der Waals surface area contributed by atoms with Crippen LogP contribution in [0.15, 0.2) is 30.3 Å². The molecule has 0 fully saturated rings. The van der Waals surface area contributed by atoms with Crippen LogP contribution in [0.2, 0.25) is 0 Å². The van der Waals surface area contributed by atoms with Gasteiger partial charge in [-0.1, -0.05) is 18.2 Å². The fourth-order valence-corrected chi connectivity index (χ4v) is 0.485. The standard InChI is InChI=1S/C6H6O.C2H4FNO2/c7-6-4-2-1-3-5-6;3-4-1-2(5)6/h1-5,7H;4H,1H2,(H,5,6). The van der Waals surface area contributed by atoms with Gasteiger partial charge in [-0.3, -0.25) is 4.79 Å². The van der Waals surface area contributed by atoms with E-state index in [1.165, 1.54) is 0 Å². The number of benzene rings is 1. The number of hydrogen-bond donors (Lipinski definition) is 3. The topological polar surface area (TPSA) is 69.6 Å². The number of aromatic hydroxyl groups is 1. The van der Waals surface area contributed by atoms with Crippen molar-refractivity contribution in [3.63, 3.8) is 0 Å². The molecule has 4 nitrogen and oxygen atoms in total. The highest BCUT2D eigenvalue weighted by Gasteiger charge is 1.88. The van der Waals surface area contributed by atoms with Crippen LogP contribution in [0.5, 0.6) is 5.75 Å². The fraction of sp³-hybridized carbons (Fsp3) is 0.125. The summed E-state index contributed by atoms with van der Waals surface area (Å²) in [5, 5.41) is 16.2. The summed E-state index contributed by atoms with van der Waals surface area (Å²) in [4.78, 5) is 9.30. The van der Waals surface area contributed by atoms with Crippen molar-refractivity contribution in [1.82, 2.24) is 5.54 Å². The molecule has 1 aromatic carbocycles. The SMILES string of the molecule is O=C(O)CNF.Oc1ccccc1. The first-order valence-electron chi connectivity index (χ1n) is 3.46. The van der Waals surface area contributed by atoms with Crippen molar-refractivity contribution in [3.05, 3.63) is 30.3 Å². The van der Waals surface area contributed by atoms with Crippen molar-refractivity contribution < 1.29 is 19.5 Å². The number of carbonyl (C=O) groups is 1. The van der Waals surface area contributed by atoms with Gasteiger partial charge in [-0.25, -0.2) is 0 Å². The Kier molecular flexibility index (Phi) is 6.17. The summed E-state index contributed by atoms with van der Waals surface area (Å²) in [6.45, 7) is -0.625. The first kappa shape index (κ1) is 11.4. The van der Waals surface area contributed by atoms with Crippen molar-refractivity contribution in [2.45, 2.75) is 0 Å². The zero-order valence-electron chi connectivity index (χ0n) is 6.77. The lowest BCUT2D eigenvalue weighted by Crippen LogP contribution is -2.13. The van der Waals surface area contributed by atoms with Crippen molar-refractivity contribution in [1.29, 1.82) is 0 Å². The number of carboxylic acid groups (broad SMARTS) is 1. The number of nitrogens with one attached hydrogen (secondary N) is 1. The minimum Gasteiger partial charge on any atom is -0.508 e. The van der Waals surface area contributed by atoms with E-state index in [1.54, 1.807) is 24.3 Å². The van der Waals surface area contributed by atoms with Crippen LogP contribution in [0.25, 0.3) is 0 Å². The van der Waals surface area contributed by atoms with Gasteiger partial charge in [0.05, 0.1) is 0 Å². The lowest BCUT2D eigenvalue weighted by Gasteiger charge is -1.82. The predicted octanol–water partition coefficient (Wildman–Crippen LogP) is 0.937. The Bertz CT molecular complexity index is 240. The average Bonchev–Trinajstić information content (AvgIpc) is 2.06. The van der Waals surface area contributed by atoms with Crippen molar-refractivity contribution >= 4 is 5.97 Å². The number of carboxylic acids is 1. The van der Waals surface area contributed by atoms with Crippen LogP contribution in [-0.4, -0.2) is 22.7 Å². The third kappa shape index (κ3) is 8.28. The molecular formula is C8H10FNO3. The summed E-state index contributed by atoms with van der Waals surface area (Å²) in [5.74, 6) is -0.875. The second-order valence-electron chi connectivity index (χ2n) is 2.04. The maximum atomic E-state index is 10.6. The summed E-state index contributed by atoms with van der Waals surface area (Å²) in [6, 6.07) is 8.71. The number of phenols is 1. The van der Waals surface area contributed by atoms with Gasteiger partial charge in [-0.2, -0.15) is 0 Å². The quantitative estimate of drug-likeness (QED) is 0.602. The van der Waals surface area contributed by atoms with Crippen molar-refractivity contribution in [2.75, 3.05) is 6.54 Å². The Hall–Kier alpha value is -1.62. The largest absolute Gasteiger partial charge is 0.508 e. The molecule has 0 heterocycles. The Morgan fingerprint density at radius 2 is 1.92 bits per heavy atom. The summed E-state index contributed by atoms with van der Waals surface area (Å²) in [7, 11) is 0. The molecule has 0 saturated carbocycles. The molecule has 0 aromatic heterocycles. The van der Waals surface area contributed by atoms with E-state index in [4.69, 9.17) is 10.2 Å². The fourth-order valence-electron chi connectivity index (χ4n) is 0.485. The minimum atomic E-state index is -1.20. The van der Waals surface area contributed by atoms with Gasteiger partial charge in [0.15, 0.2) is 0 Å². The Morgan fingerprint density at radius 3 is 2.08 bits per heavy atom. The van der Waals surface area contributed by atoms with Crippen LogP contribution in [0.1, 0.15) is 0 Å². The number of halogens is 1. The number of aliphatic carboxylic acids is 1. The van der Waals surface area contributed by atoms with Crippen LogP contribution in [-0.2, 0) is 4.79 Å². The highest BCUT2D eigenvalue weighted by Crippen LogP contribution is 2.02. The van der Waals surface area contributed by atoms with E-state index in [9.17, 15) is 9.28 Å². The molecule has 1 aromatic rings. The van der Waals surface area contributed by atoms with Gasteiger partial charge in [0.25, 0.3) is 0 Å². The molecule has 0 aliphatic heterocycles. The van der Waals surface area contributed by atoms with Crippen molar-refractivity contribution in [3.8, 4) is 5.75 Å². The maximum Gasteiger partial charge on any atom is 0.320 e. The van der Waals surface area contributed by atoms with Gasteiger partial charge in [-0.05, 0) is 12.1 Å². The number of phenolic OH excluding ortho intramolecular Hbond substituents is 1. The molecule has 0 amide bonds. The molecular weight excluding hydrogens is 177 g/mol. The third-order valence-corrected chi connectivity index (χ3v) is 0.974. The molecule has 0 unspecified atom stereocenters. The molecule has 3 N–H and O–H groups in total. The molecule has 13 heavy (non-hydrogen) atoms. The molecule has 0 aliphatic carbocycles. The molecule has 0 spiro atoms. The van der Waals surface area contributed by atoms with E-state index >= 15 is 0 Å². The Labute approximate surface area is 74.6 Å². The molecule has 0 radical (unpaired) electrons. The second kappa shape index (κ2) is 7.05. The zero-order valence-corrected chi connectivity index (χ0v) is 6.77. The van der Waals surface area contributed by atoms with Gasteiger partial charge in [0, 0.05) is 0 Å². The van der Waals surface area contributed by atoms with E-state index in [0.29, 0.717) is 5.75 Å². The smallest absolute Gasteiger partial charge is 0.320 e. The van der Waals surface area contributed by atoms with Gasteiger partial charge in [-0.15, -0.1) is 10.0 Å². The van der Waals surface area contributed by atoms with Gasteiger partial charge < -0.3 is 10.2 Å². The Morgan fingerprint density at radius 1 is 1.38 bits per heavy atom. The van der Waals surface area contributed by atoms with Crippen LogP contribution in [0, 0.1) is 0 Å². The first-order chi connectivity index (χ1) is 6.16. The molecule has 0 aliphatic rings. The molecule has 0 atom stereocenters. The highest BCUT2D eigenvalue weighted by molar-refractivity contribution is 5.68. The van der Waals surface area contributed by atoms with Crippen molar-refractivity contribution in [2.24, 2.45) is 0 Å². The summed E-state index contributed by atoms with van der Waals surface area (Å²) in [6.07, 6.45) is 0. The molecule has 0 bridgehead atoms. The predicted molar refractivity (Wildman–Crippen MR) is 44.9 cm³/mol. The average molecular weight is 187 g/mol. The maximum absolute atomic E-state index is 10.6. The van der Waals surface area contributed by atoms with Gasteiger partial charge in [0.1, 0.15) is 12.3 Å². The van der Waals surface area contributed by atoms with Gasteiger partial charge >= 0.3 is 5.97 Å². The lowest BCUT2D eigenvalue weighted by atomic mass is 10.3. The normalized spacial score (nSPS) is 8.38. The summed E-state index contributed by atoms with van der Waals surface area (Å²) < 4.78 is 10.6. The number of hydrogen-bond acceptors (Lipinski definition) is 3. The minimum absolute atomic E-state index is 0.322. The Balaban J connectivity index is 0.000000226. The molecule has 72 valence electrons. The van der Waals surface area contributed by atoms with E-state index in [0.717, 1.165) is 5.54 Å². The van der Waals surface area contributed by atoms with Crippen LogP contribution < -0.4 is 5.54 Å². The van der Waals surface area contributed by atoms with E-state index in [2.05, 4.69) is 0 Å². The van der Waals surface area contributed by atoms with E-state index in [-0.39, 0.29) is 0 Å². The lowest BCUT2D eigenvalue weighted by molar-refractivity contribution is -0.136. The number of rotatable bonds is 2. The molecule has 1 rings (SSSR count). The van der Waals surface area contributed by atoms with Crippen LogP contribution in [0.3, 0.4) is 0 Å². The van der Waals surface area contributed by atoms with Gasteiger partial charge in [0.2, 0.25) is 0 Å². The molecule has 0 saturated heterocycles. The number of para-hydroxylation sites is 1. The highest BCUT2D eigenvalue weighted by atomic mass is 19.2. The summed E-state index contributed by atoms with van der Waals surface area (Å²) >= 11 is 0. The second-order valence-corrected chi connectivity index (χ2v) is 2.04. The summed E-state index contributed by atoms with van der Waals surface area (Å²) in [5.41, 5.74) is 0.968. The van der Waals surface area contributed by atoms with E-state index < -0.39 is 12.5 Å². The van der Waals surface area contributed by atoms with Crippen LogP contribution >= 0.6 is 0 Å². The zero-order chi connectivity index (χ0) is 10.1. The van der Waals surface area contributed by atoms with Crippen LogP contribution in [0.4, 0.5) is 4.48 Å². The first-order valence-corrected chi connectivity index (χ1v) is 3.46. The monoisotopic (exact) mass is 187 g/mol.